The van der Waals surface area contributed by atoms with Gasteiger partial charge in [-0.15, -0.1) is 11.3 Å². The Labute approximate surface area is 380 Å². The minimum Gasteiger partial charge on any atom is -0.456 e. The topological polar surface area (TPSA) is 29.5 Å². The summed E-state index contributed by atoms with van der Waals surface area (Å²) in [5, 5.41) is 8.00. The Kier molecular flexibility index (Phi) is 7.74. The molecular formula is C61H41NO2S. The molecule has 65 heavy (non-hydrogen) atoms. The minimum absolute atomic E-state index is 0.146. The molecule has 14 rings (SSSR count). The number of hydrogen-bond acceptors (Lipinski definition) is 4. The Bertz CT molecular complexity index is 3990. The second kappa shape index (κ2) is 13.7. The summed E-state index contributed by atoms with van der Waals surface area (Å²) in [5.41, 5.74) is 18.0. The highest BCUT2D eigenvalue weighted by Crippen LogP contribution is 2.52. The van der Waals surface area contributed by atoms with Gasteiger partial charge in [0.05, 0.1) is 0 Å². The van der Waals surface area contributed by atoms with Crippen molar-refractivity contribution in [3.63, 3.8) is 0 Å². The van der Waals surface area contributed by atoms with E-state index in [1.54, 1.807) is 0 Å². The molecule has 308 valence electrons. The van der Waals surface area contributed by atoms with Crippen LogP contribution in [0.2, 0.25) is 0 Å². The van der Waals surface area contributed by atoms with Gasteiger partial charge in [0.15, 0.2) is 0 Å². The van der Waals surface area contributed by atoms with Crippen molar-refractivity contribution in [3.8, 4) is 33.4 Å². The maximum atomic E-state index is 7.01. The molecule has 0 radical (unpaired) electrons. The Morgan fingerprint density at radius 3 is 2.15 bits per heavy atom. The van der Waals surface area contributed by atoms with E-state index in [9.17, 15) is 0 Å². The van der Waals surface area contributed by atoms with Crippen LogP contribution in [0.5, 0.6) is 0 Å². The lowest BCUT2D eigenvalue weighted by Crippen LogP contribution is -2.16. The van der Waals surface area contributed by atoms with Gasteiger partial charge in [0.2, 0.25) is 0 Å². The molecule has 3 heterocycles. The third-order valence-corrected chi connectivity index (χ3v) is 15.6. The van der Waals surface area contributed by atoms with Crippen LogP contribution in [0.15, 0.2) is 191 Å². The molecule has 0 amide bonds. The molecule has 0 bridgehead atoms. The van der Waals surface area contributed by atoms with Crippen molar-refractivity contribution < 1.29 is 8.83 Å². The van der Waals surface area contributed by atoms with Gasteiger partial charge in [-0.1, -0.05) is 135 Å². The molecule has 0 spiro atoms. The van der Waals surface area contributed by atoms with Crippen molar-refractivity contribution in [3.05, 3.63) is 204 Å². The van der Waals surface area contributed by atoms with Gasteiger partial charge in [-0.05, 0) is 140 Å². The SMILES string of the molecule is CC1(C)c2ccccc2-c2ccc(N(c3ccc(-c4cccc5c6c(sc45)C=CCC6)cc3)c3ccc4oc5c(-c6ccc7ccccc7c6)c6c(cc5c4c3)oc3ccccc36)cc21. The maximum absolute atomic E-state index is 7.01. The number of rotatable bonds is 5. The van der Waals surface area contributed by atoms with Crippen LogP contribution in [0.4, 0.5) is 17.1 Å². The lowest BCUT2D eigenvalue weighted by molar-refractivity contribution is 0.660. The predicted octanol–water partition coefficient (Wildman–Crippen LogP) is 17.9. The van der Waals surface area contributed by atoms with Crippen molar-refractivity contribution >= 4 is 99.2 Å². The van der Waals surface area contributed by atoms with Gasteiger partial charge in [-0.3, -0.25) is 0 Å². The number of benzene rings is 9. The number of fused-ring (bicyclic) bond motifs is 13. The minimum atomic E-state index is -0.146. The van der Waals surface area contributed by atoms with Crippen LogP contribution in [0, 0.1) is 0 Å². The number of nitrogens with zero attached hydrogens (tertiary/aromatic N) is 1. The lowest BCUT2D eigenvalue weighted by atomic mass is 9.82. The zero-order valence-corrected chi connectivity index (χ0v) is 36.8. The van der Waals surface area contributed by atoms with E-state index < -0.39 is 0 Å². The van der Waals surface area contributed by atoms with Crippen LogP contribution in [0.3, 0.4) is 0 Å². The van der Waals surface area contributed by atoms with Crippen LogP contribution in [-0.2, 0) is 11.8 Å². The smallest absolute Gasteiger partial charge is 0.144 e. The fourth-order valence-corrected chi connectivity index (χ4v) is 12.5. The molecule has 0 saturated carbocycles. The standard InChI is InChI=1S/C61H41NO2S/c1-61(2)51-19-8-5-14-44(51)45-30-28-42(34-52(45)61)62(40-26-24-37(25-27-40)43-17-11-18-47-46-15-7-10-21-56(46)65-60(43)47)41-29-31-54-49(33-41)50-35-55-58(48-16-6-9-20-53(48)63-55)57(59(50)64-54)39-23-22-36-12-3-4-13-38(36)32-39/h3-6,8-14,16-35H,7,15H2,1-2H3. The zero-order chi connectivity index (χ0) is 43.0. The molecule has 0 N–H and O–H groups in total. The van der Waals surface area contributed by atoms with Crippen molar-refractivity contribution in [1.82, 2.24) is 0 Å². The third kappa shape index (κ3) is 5.41. The van der Waals surface area contributed by atoms with Crippen LogP contribution < -0.4 is 4.90 Å². The highest BCUT2D eigenvalue weighted by Gasteiger charge is 2.36. The monoisotopic (exact) mass is 851 g/mol. The Balaban J connectivity index is 0.973. The lowest BCUT2D eigenvalue weighted by Gasteiger charge is -2.28. The molecule has 3 nitrogen and oxygen atoms in total. The number of allylic oxidation sites excluding steroid dienone is 1. The van der Waals surface area contributed by atoms with Gasteiger partial charge >= 0.3 is 0 Å². The van der Waals surface area contributed by atoms with Crippen LogP contribution in [-0.4, -0.2) is 0 Å². The molecule has 0 atom stereocenters. The average Bonchev–Trinajstić information content (AvgIpc) is 4.09. The Morgan fingerprint density at radius 1 is 0.508 bits per heavy atom. The summed E-state index contributed by atoms with van der Waals surface area (Å²) in [7, 11) is 0. The first-order chi connectivity index (χ1) is 32.0. The van der Waals surface area contributed by atoms with Gasteiger partial charge in [0.1, 0.15) is 22.3 Å². The number of hydrogen-bond donors (Lipinski definition) is 0. The quantitative estimate of drug-likeness (QED) is 0.173. The summed E-state index contributed by atoms with van der Waals surface area (Å²) >= 11 is 1.92. The molecule has 2 aliphatic carbocycles. The second-order valence-electron chi connectivity index (χ2n) is 18.3. The number of thiophene rings is 1. The van der Waals surface area contributed by atoms with E-state index in [0.29, 0.717) is 0 Å². The number of para-hydroxylation sites is 1. The molecule has 0 fully saturated rings. The molecule has 0 aliphatic heterocycles. The Morgan fingerprint density at radius 2 is 1.23 bits per heavy atom. The van der Waals surface area contributed by atoms with Crippen molar-refractivity contribution in [1.29, 1.82) is 0 Å². The Hall–Kier alpha value is -7.66. The van der Waals surface area contributed by atoms with E-state index in [1.165, 1.54) is 64.7 Å². The van der Waals surface area contributed by atoms with Gasteiger partial charge in [0, 0.05) is 59.2 Å². The largest absolute Gasteiger partial charge is 0.456 e. The van der Waals surface area contributed by atoms with Crippen LogP contribution in [0.25, 0.3) is 104 Å². The third-order valence-electron chi connectivity index (χ3n) is 14.3. The normalized spacial score (nSPS) is 13.9. The summed E-state index contributed by atoms with van der Waals surface area (Å²) in [6.07, 6.45) is 6.84. The first kappa shape index (κ1) is 36.8. The summed E-state index contributed by atoms with van der Waals surface area (Å²) in [6.45, 7) is 4.71. The fraction of sp³-hybridized carbons (Fsp3) is 0.0820. The first-order valence-electron chi connectivity index (χ1n) is 22.6. The van der Waals surface area contributed by atoms with E-state index in [-0.39, 0.29) is 5.41 Å². The summed E-state index contributed by atoms with van der Waals surface area (Å²) in [5.74, 6) is 0. The van der Waals surface area contributed by atoms with E-state index in [2.05, 4.69) is 201 Å². The summed E-state index contributed by atoms with van der Waals surface area (Å²) in [4.78, 5) is 3.82. The maximum Gasteiger partial charge on any atom is 0.144 e. The molecule has 3 aromatic heterocycles. The van der Waals surface area contributed by atoms with Gasteiger partial charge < -0.3 is 13.7 Å². The predicted molar refractivity (Wildman–Crippen MR) is 274 cm³/mol. The van der Waals surface area contributed by atoms with Crippen LogP contribution in [0.1, 0.15) is 41.8 Å². The zero-order valence-electron chi connectivity index (χ0n) is 36.0. The number of aryl methyl sites for hydroxylation is 1. The van der Waals surface area contributed by atoms with Gasteiger partial charge in [-0.2, -0.15) is 0 Å². The molecular weight excluding hydrogens is 811 g/mol. The fourth-order valence-electron chi connectivity index (χ4n) is 11.2. The molecule has 0 unspecified atom stereocenters. The summed E-state index contributed by atoms with van der Waals surface area (Å²) < 4.78 is 15.1. The number of furan rings is 2. The van der Waals surface area contributed by atoms with Gasteiger partial charge in [0.25, 0.3) is 0 Å². The van der Waals surface area contributed by atoms with Gasteiger partial charge in [-0.25, -0.2) is 0 Å². The van der Waals surface area contributed by atoms with E-state index in [4.69, 9.17) is 8.83 Å². The first-order valence-corrected chi connectivity index (χ1v) is 23.4. The van der Waals surface area contributed by atoms with Crippen molar-refractivity contribution in [2.45, 2.75) is 32.1 Å². The van der Waals surface area contributed by atoms with E-state index in [1.807, 2.05) is 17.4 Å². The highest BCUT2D eigenvalue weighted by atomic mass is 32.1. The molecule has 0 saturated heterocycles. The molecule has 9 aromatic carbocycles. The molecule has 4 heteroatoms. The van der Waals surface area contributed by atoms with Crippen LogP contribution >= 0.6 is 11.3 Å². The molecule has 12 aromatic rings. The highest BCUT2D eigenvalue weighted by molar-refractivity contribution is 7.20. The second-order valence-corrected chi connectivity index (χ2v) is 19.3. The average molecular weight is 852 g/mol. The summed E-state index contributed by atoms with van der Waals surface area (Å²) in [6, 6.07) is 64.4. The van der Waals surface area contributed by atoms with Crippen molar-refractivity contribution in [2.75, 3.05) is 4.90 Å². The molecule has 2 aliphatic rings. The van der Waals surface area contributed by atoms with E-state index >= 15 is 0 Å². The van der Waals surface area contributed by atoms with Crippen molar-refractivity contribution in [2.24, 2.45) is 0 Å². The van der Waals surface area contributed by atoms with E-state index in [0.717, 1.165) is 84.9 Å². The number of anilines is 3.